The van der Waals surface area contributed by atoms with Crippen molar-refractivity contribution in [1.82, 2.24) is 0 Å². The minimum atomic E-state index is -4.46. The van der Waals surface area contributed by atoms with Crippen molar-refractivity contribution in [1.29, 1.82) is 0 Å². The fraction of sp³-hybridized carbons (Fsp3) is 0.0800. The lowest BCUT2D eigenvalue weighted by atomic mass is 10.1. The van der Waals surface area contributed by atoms with Crippen molar-refractivity contribution >= 4 is 29.3 Å². The van der Waals surface area contributed by atoms with Crippen LogP contribution < -0.4 is 5.32 Å². The van der Waals surface area contributed by atoms with E-state index >= 15 is 0 Å². The van der Waals surface area contributed by atoms with Crippen LogP contribution in [0.25, 0.3) is 28.7 Å². The van der Waals surface area contributed by atoms with Gasteiger partial charge in [0.1, 0.15) is 29.6 Å². The van der Waals surface area contributed by atoms with Crippen LogP contribution in [0.2, 0.25) is 5.02 Å². The van der Waals surface area contributed by atoms with Gasteiger partial charge in [-0.05, 0) is 60.7 Å². The van der Waals surface area contributed by atoms with E-state index in [1.54, 1.807) is 36.4 Å². The fourth-order valence-corrected chi connectivity index (χ4v) is 3.34. The molecule has 0 fully saturated rings. The Balaban J connectivity index is 1.46. The minimum absolute atomic E-state index is 0.232. The number of rotatable bonds is 6. The highest BCUT2D eigenvalue weighted by Gasteiger charge is 2.30. The average molecular weight is 488 g/mol. The maximum Gasteiger partial charge on any atom is 0.416 e. The Morgan fingerprint density at radius 3 is 2.44 bits per heavy atom. The Morgan fingerprint density at radius 2 is 1.71 bits per heavy atom. The first kappa shape index (κ1) is 23.4. The number of alkyl halides is 3. The average Bonchev–Trinajstić information content (AvgIpc) is 3.49. The monoisotopic (exact) mass is 487 g/mol. The van der Waals surface area contributed by atoms with E-state index in [-0.39, 0.29) is 23.7 Å². The molecule has 0 saturated heterocycles. The van der Waals surface area contributed by atoms with Gasteiger partial charge >= 0.3 is 6.18 Å². The van der Waals surface area contributed by atoms with Crippen LogP contribution in [0.3, 0.4) is 0 Å². The Labute approximate surface area is 197 Å². The molecule has 0 unspecified atom stereocenters. The van der Waals surface area contributed by atoms with Gasteiger partial charge in [0.05, 0.1) is 16.3 Å². The van der Waals surface area contributed by atoms with Crippen molar-refractivity contribution in [3.63, 3.8) is 0 Å². The number of aliphatic hydroxyl groups excluding tert-OH is 1. The lowest BCUT2D eigenvalue weighted by molar-refractivity contribution is -0.137. The van der Waals surface area contributed by atoms with Gasteiger partial charge in [-0.25, -0.2) is 0 Å². The number of hydrogen-bond acceptors (Lipinski definition) is 4. The molecule has 2 heterocycles. The number of carbonyl (C=O) groups excluding carboxylic acids is 1. The van der Waals surface area contributed by atoms with E-state index in [4.69, 9.17) is 25.5 Å². The van der Waals surface area contributed by atoms with Gasteiger partial charge in [-0.2, -0.15) is 13.2 Å². The third kappa shape index (κ3) is 5.41. The number of halogens is 4. The van der Waals surface area contributed by atoms with Crippen LogP contribution in [0.4, 0.5) is 18.9 Å². The number of aliphatic hydroxyl groups is 1. The molecule has 0 aliphatic carbocycles. The quantitative estimate of drug-likeness (QED) is 0.286. The lowest BCUT2D eigenvalue weighted by Gasteiger charge is -2.07. The van der Waals surface area contributed by atoms with Gasteiger partial charge in [-0.15, -0.1) is 0 Å². The number of benzene rings is 2. The zero-order valence-corrected chi connectivity index (χ0v) is 18.2. The summed E-state index contributed by atoms with van der Waals surface area (Å²) in [6.07, 6.45) is -1.85. The summed E-state index contributed by atoms with van der Waals surface area (Å²) in [5.41, 5.74) is 0.490. The van der Waals surface area contributed by atoms with Crippen molar-refractivity contribution < 1.29 is 31.9 Å². The topological polar surface area (TPSA) is 75.6 Å². The molecule has 0 saturated carbocycles. The Bertz CT molecular complexity index is 1350. The van der Waals surface area contributed by atoms with Crippen molar-refractivity contribution in [3.05, 3.63) is 94.9 Å². The molecule has 0 bridgehead atoms. The van der Waals surface area contributed by atoms with Gasteiger partial charge in [-0.1, -0.05) is 23.7 Å². The van der Waals surface area contributed by atoms with Gasteiger partial charge in [0.25, 0.3) is 0 Å². The number of furan rings is 2. The van der Waals surface area contributed by atoms with Crippen LogP contribution >= 0.6 is 11.6 Å². The predicted octanol–water partition coefficient (Wildman–Crippen LogP) is 7.02. The van der Waals surface area contributed by atoms with Crippen LogP contribution in [0.15, 0.2) is 81.6 Å². The molecule has 174 valence electrons. The van der Waals surface area contributed by atoms with E-state index < -0.39 is 17.6 Å². The van der Waals surface area contributed by atoms with Gasteiger partial charge in [0.15, 0.2) is 0 Å². The molecule has 0 spiro atoms. The number of hydrogen-bond donors (Lipinski definition) is 2. The third-order valence-electron chi connectivity index (χ3n) is 4.83. The molecule has 1 amide bonds. The summed E-state index contributed by atoms with van der Waals surface area (Å²) in [5.74, 6) is 0.939. The van der Waals surface area contributed by atoms with Gasteiger partial charge in [0, 0.05) is 17.2 Å². The van der Waals surface area contributed by atoms with Crippen molar-refractivity contribution in [3.8, 4) is 22.6 Å². The second-order valence-corrected chi connectivity index (χ2v) is 7.63. The number of carbonyl (C=O) groups is 1. The van der Waals surface area contributed by atoms with Crippen LogP contribution in [0.5, 0.6) is 0 Å². The summed E-state index contributed by atoms with van der Waals surface area (Å²) < 4.78 is 49.9. The summed E-state index contributed by atoms with van der Waals surface area (Å²) in [6, 6.07) is 16.1. The molecule has 9 heteroatoms. The number of nitrogens with one attached hydrogen (secondary N) is 1. The molecule has 34 heavy (non-hydrogen) atoms. The van der Waals surface area contributed by atoms with E-state index in [0.29, 0.717) is 27.8 Å². The Kier molecular flexibility index (Phi) is 6.63. The lowest BCUT2D eigenvalue weighted by Crippen LogP contribution is -2.08. The van der Waals surface area contributed by atoms with Gasteiger partial charge < -0.3 is 19.3 Å². The largest absolute Gasteiger partial charge is 0.459 e. The smallest absolute Gasteiger partial charge is 0.416 e. The molecule has 2 aromatic heterocycles. The Hall–Kier alpha value is -3.75. The predicted molar refractivity (Wildman–Crippen MR) is 122 cm³/mol. The first-order chi connectivity index (χ1) is 16.2. The van der Waals surface area contributed by atoms with Crippen molar-refractivity contribution in [2.45, 2.75) is 12.8 Å². The molecule has 0 radical (unpaired) electrons. The van der Waals surface area contributed by atoms with E-state index in [0.717, 1.165) is 12.1 Å². The number of anilines is 1. The van der Waals surface area contributed by atoms with Crippen LogP contribution in [-0.2, 0) is 17.6 Å². The summed E-state index contributed by atoms with van der Waals surface area (Å²) in [5, 5.41) is 12.1. The third-order valence-corrected chi connectivity index (χ3v) is 5.16. The summed E-state index contributed by atoms with van der Waals surface area (Å²) in [6.45, 7) is -0.232. The van der Waals surface area contributed by atoms with E-state index in [9.17, 15) is 18.0 Å². The molecule has 2 N–H and O–H groups in total. The highest BCUT2D eigenvalue weighted by Crippen LogP contribution is 2.33. The molecule has 4 aromatic rings. The van der Waals surface area contributed by atoms with Crippen molar-refractivity contribution in [2.75, 3.05) is 5.32 Å². The van der Waals surface area contributed by atoms with Gasteiger partial charge in [-0.3, -0.25) is 4.79 Å². The van der Waals surface area contributed by atoms with Crippen molar-refractivity contribution in [2.24, 2.45) is 0 Å². The fourth-order valence-electron chi connectivity index (χ4n) is 3.17. The normalized spacial score (nSPS) is 11.8. The van der Waals surface area contributed by atoms with Gasteiger partial charge in [0.2, 0.25) is 5.91 Å². The van der Waals surface area contributed by atoms with Crippen LogP contribution in [0.1, 0.15) is 17.1 Å². The second kappa shape index (κ2) is 9.62. The SMILES string of the molecule is O=C(/C=C/c1ccc(-c2cccc(C(F)(F)F)c2)o1)Nc1cc(-c2ccc(CO)o2)ccc1Cl. The summed E-state index contributed by atoms with van der Waals surface area (Å²) >= 11 is 6.19. The zero-order valence-electron chi connectivity index (χ0n) is 17.4. The zero-order chi connectivity index (χ0) is 24.3. The number of amides is 1. The van der Waals surface area contributed by atoms with Crippen LogP contribution in [-0.4, -0.2) is 11.0 Å². The molecule has 0 aliphatic heterocycles. The van der Waals surface area contributed by atoms with E-state index in [1.165, 1.54) is 30.4 Å². The molecule has 0 aliphatic rings. The second-order valence-electron chi connectivity index (χ2n) is 7.22. The minimum Gasteiger partial charge on any atom is -0.459 e. The van der Waals surface area contributed by atoms with E-state index in [2.05, 4.69) is 5.32 Å². The maximum atomic E-state index is 12.9. The Morgan fingerprint density at radius 1 is 0.971 bits per heavy atom. The first-order valence-electron chi connectivity index (χ1n) is 9.99. The first-order valence-corrected chi connectivity index (χ1v) is 10.4. The summed E-state index contributed by atoms with van der Waals surface area (Å²) in [4.78, 5) is 12.4. The maximum absolute atomic E-state index is 12.9. The highest BCUT2D eigenvalue weighted by molar-refractivity contribution is 6.34. The van der Waals surface area contributed by atoms with E-state index in [1.807, 2.05) is 0 Å². The highest BCUT2D eigenvalue weighted by atomic mass is 35.5. The molecule has 2 aromatic carbocycles. The molecule has 0 atom stereocenters. The molecular weight excluding hydrogens is 471 g/mol. The standard InChI is InChI=1S/C25H17ClF3NO4/c26-20-8-4-16(23-10-6-19(14-31)34-23)13-21(20)30-24(32)11-7-18-5-9-22(33-18)15-2-1-3-17(12-15)25(27,28)29/h1-13,31H,14H2,(H,30,32)/b11-7+. The molecule has 5 nitrogen and oxygen atoms in total. The molecular formula is C25H17ClF3NO4. The van der Waals surface area contributed by atoms with Crippen LogP contribution in [0, 0.1) is 0 Å². The summed E-state index contributed by atoms with van der Waals surface area (Å²) in [7, 11) is 0. The molecule has 4 rings (SSSR count).